The summed E-state index contributed by atoms with van der Waals surface area (Å²) in [4.78, 5) is 18.0. The zero-order chi connectivity index (χ0) is 7.44. The Morgan fingerprint density at radius 1 is 1.70 bits per heavy atom. The van der Waals surface area contributed by atoms with Crippen molar-refractivity contribution < 1.29 is 19.4 Å². The third-order valence-electron chi connectivity index (χ3n) is 0.712. The number of hydrogen-bond donors (Lipinski definition) is 3. The van der Waals surface area contributed by atoms with Gasteiger partial charge in [-0.1, -0.05) is 0 Å². The van der Waals surface area contributed by atoms with Gasteiger partial charge in [-0.15, -0.1) is 12.4 Å². The minimum atomic E-state index is -2.86. The van der Waals surface area contributed by atoms with E-state index in [9.17, 15) is 9.36 Å². The molecule has 62 valence electrons. The topological polar surface area (TPSA) is 101 Å². The highest BCUT2D eigenvalue weighted by molar-refractivity contribution is 7.38. The molecule has 5 nitrogen and oxygen atoms in total. The molecule has 0 saturated carbocycles. The Morgan fingerprint density at radius 2 is 2.10 bits per heavy atom. The number of rotatable bonds is 3. The average Bonchev–Trinajstić information content (AvgIpc) is 1.63. The van der Waals surface area contributed by atoms with E-state index in [1.807, 2.05) is 0 Å². The van der Waals surface area contributed by atoms with Crippen LogP contribution in [-0.2, 0) is 9.36 Å². The van der Waals surface area contributed by atoms with Gasteiger partial charge in [-0.25, -0.2) is 0 Å². The van der Waals surface area contributed by atoms with Gasteiger partial charge in [0, 0.05) is 0 Å². The molecule has 2 atom stereocenters. The van der Waals surface area contributed by atoms with Crippen molar-refractivity contribution in [2.75, 3.05) is 0 Å². The summed E-state index contributed by atoms with van der Waals surface area (Å²) < 4.78 is 10.0. The van der Waals surface area contributed by atoms with E-state index in [0.29, 0.717) is 0 Å². The van der Waals surface area contributed by atoms with Crippen molar-refractivity contribution in [1.29, 1.82) is 0 Å². The van der Waals surface area contributed by atoms with Crippen molar-refractivity contribution in [2.24, 2.45) is 5.73 Å². The van der Waals surface area contributed by atoms with Gasteiger partial charge in [0.2, 0.25) is 8.03 Å². The van der Waals surface area contributed by atoms with Crippen LogP contribution in [0.15, 0.2) is 0 Å². The molecule has 0 radical (unpaired) electrons. The van der Waals surface area contributed by atoms with Crippen LogP contribution in [0.25, 0.3) is 0 Å². The van der Waals surface area contributed by atoms with Crippen LogP contribution < -0.4 is 5.73 Å². The smallest absolute Gasteiger partial charge is 0.305 e. The van der Waals surface area contributed by atoms with Gasteiger partial charge in [0.15, 0.2) is 0 Å². The molecule has 0 aliphatic heterocycles. The van der Waals surface area contributed by atoms with Crippen molar-refractivity contribution in [3.63, 3.8) is 0 Å². The predicted octanol–water partition coefficient (Wildman–Crippen LogP) is -0.365. The molecule has 0 aromatic carbocycles. The monoisotopic (exact) mass is 189 g/mol. The Hall–Kier alpha value is -0.0900. The first-order valence-electron chi connectivity index (χ1n) is 2.24. The highest BCUT2D eigenvalue weighted by Gasteiger charge is 2.11. The number of nitrogens with two attached hydrogens (primary N) is 1. The summed E-state index contributed by atoms with van der Waals surface area (Å²) in [6, 6.07) is 0. The maximum Gasteiger partial charge on any atom is 0.305 e. The van der Waals surface area contributed by atoms with Gasteiger partial charge in [0.25, 0.3) is 0 Å². The molecule has 0 amide bonds. The summed E-state index contributed by atoms with van der Waals surface area (Å²) in [5, 5.41) is 8.02. The van der Waals surface area contributed by atoms with Crippen molar-refractivity contribution in [3.05, 3.63) is 0 Å². The van der Waals surface area contributed by atoms with E-state index in [0.717, 1.165) is 0 Å². The van der Waals surface area contributed by atoms with E-state index < -0.39 is 26.2 Å². The first-order valence-corrected chi connectivity index (χ1v) is 3.67. The van der Waals surface area contributed by atoms with Gasteiger partial charge in [-0.05, 0) is 0 Å². The van der Waals surface area contributed by atoms with Crippen molar-refractivity contribution >= 4 is 26.4 Å². The quantitative estimate of drug-likeness (QED) is 0.526. The molecule has 0 fully saturated rings. The fourth-order valence-corrected chi connectivity index (χ4v) is 0.625. The Morgan fingerprint density at radius 3 is 2.20 bits per heavy atom. The molecular formula is C3H9ClNO4P. The Balaban J connectivity index is 0. The largest absolute Gasteiger partial charge is 0.481 e. The highest BCUT2D eigenvalue weighted by atomic mass is 35.5. The van der Waals surface area contributed by atoms with E-state index in [1.165, 1.54) is 0 Å². The summed E-state index contributed by atoms with van der Waals surface area (Å²) >= 11 is 0. The van der Waals surface area contributed by atoms with E-state index in [1.54, 1.807) is 0 Å². The van der Waals surface area contributed by atoms with Gasteiger partial charge in [-0.3, -0.25) is 9.36 Å². The maximum atomic E-state index is 10.0. The van der Waals surface area contributed by atoms with Gasteiger partial charge in [0.05, 0.1) is 12.2 Å². The van der Waals surface area contributed by atoms with Crippen molar-refractivity contribution in [1.82, 2.24) is 0 Å². The van der Waals surface area contributed by atoms with Crippen LogP contribution in [-0.4, -0.2) is 21.8 Å². The fraction of sp³-hybridized carbons (Fsp3) is 0.667. The zero-order valence-electron chi connectivity index (χ0n) is 4.98. The predicted molar refractivity (Wildman–Crippen MR) is 38.7 cm³/mol. The number of halogens is 1. The minimum absolute atomic E-state index is 0. The lowest BCUT2D eigenvalue weighted by molar-refractivity contribution is -0.137. The molecule has 2 unspecified atom stereocenters. The van der Waals surface area contributed by atoms with Crippen LogP contribution in [0.1, 0.15) is 6.42 Å². The summed E-state index contributed by atoms with van der Waals surface area (Å²) in [5.41, 5.74) is 4.92. The number of carbonyl (C=O) groups is 1. The van der Waals surface area contributed by atoms with Crippen molar-refractivity contribution in [3.8, 4) is 0 Å². The second-order valence-corrected chi connectivity index (χ2v) is 2.96. The van der Waals surface area contributed by atoms with E-state index in [-0.39, 0.29) is 12.4 Å². The van der Waals surface area contributed by atoms with E-state index in [4.69, 9.17) is 15.7 Å². The molecule has 7 heteroatoms. The van der Waals surface area contributed by atoms with E-state index in [2.05, 4.69) is 0 Å². The molecular weight excluding hydrogens is 180 g/mol. The SMILES string of the molecule is Cl.NC(CC(=O)O)[PH](=O)O. The van der Waals surface area contributed by atoms with Crippen LogP contribution in [0.2, 0.25) is 0 Å². The minimum Gasteiger partial charge on any atom is -0.481 e. The summed E-state index contributed by atoms with van der Waals surface area (Å²) in [6.45, 7) is 0. The van der Waals surface area contributed by atoms with Gasteiger partial charge in [0.1, 0.15) is 0 Å². The molecule has 0 heterocycles. The zero-order valence-corrected chi connectivity index (χ0v) is 6.80. The number of aliphatic carboxylic acids is 1. The molecule has 10 heavy (non-hydrogen) atoms. The molecule has 0 aromatic heterocycles. The van der Waals surface area contributed by atoms with Crippen LogP contribution >= 0.6 is 20.4 Å². The summed E-state index contributed by atoms with van der Waals surface area (Å²) in [5.74, 6) is -2.26. The standard InChI is InChI=1S/C3H8NO4P.ClH/c4-2(9(7)8)1-3(5)6;/h2,9H,1,4H2,(H,5,6)(H,7,8);1H. The highest BCUT2D eigenvalue weighted by Crippen LogP contribution is 2.19. The van der Waals surface area contributed by atoms with Crippen LogP contribution in [0, 0.1) is 0 Å². The molecule has 0 aliphatic rings. The second-order valence-electron chi connectivity index (χ2n) is 1.54. The van der Waals surface area contributed by atoms with Crippen molar-refractivity contribution in [2.45, 2.75) is 12.2 Å². The normalized spacial score (nSPS) is 15.0. The second kappa shape index (κ2) is 5.68. The lowest BCUT2D eigenvalue weighted by atomic mass is 10.4. The molecule has 0 bridgehead atoms. The summed E-state index contributed by atoms with van der Waals surface area (Å²) in [6.07, 6.45) is -0.450. The fourth-order valence-electron chi connectivity index (χ4n) is 0.275. The lowest BCUT2D eigenvalue weighted by Crippen LogP contribution is -2.19. The van der Waals surface area contributed by atoms with Crippen LogP contribution in [0.5, 0.6) is 0 Å². The molecule has 0 saturated heterocycles. The maximum absolute atomic E-state index is 10.0. The number of carboxylic acids is 1. The third kappa shape index (κ3) is 6.04. The Labute approximate surface area is 64.5 Å². The molecule has 0 aliphatic carbocycles. The molecule has 0 aromatic rings. The molecule has 4 N–H and O–H groups in total. The van der Waals surface area contributed by atoms with Gasteiger partial charge >= 0.3 is 5.97 Å². The Bertz CT molecular complexity index is 140. The number of hydrogen-bond acceptors (Lipinski definition) is 3. The average molecular weight is 190 g/mol. The first kappa shape index (κ1) is 12.6. The summed E-state index contributed by atoms with van der Waals surface area (Å²) in [7, 11) is -2.86. The van der Waals surface area contributed by atoms with Gasteiger partial charge in [-0.2, -0.15) is 0 Å². The Kier molecular flexibility index (Phi) is 7.14. The number of carboxylic acid groups (broad SMARTS) is 1. The first-order chi connectivity index (χ1) is 4.04. The van der Waals surface area contributed by atoms with Crippen LogP contribution in [0.3, 0.4) is 0 Å². The molecule has 0 spiro atoms. The van der Waals surface area contributed by atoms with Crippen LogP contribution in [0.4, 0.5) is 0 Å². The van der Waals surface area contributed by atoms with E-state index >= 15 is 0 Å². The van der Waals surface area contributed by atoms with Gasteiger partial charge < -0.3 is 15.7 Å². The molecule has 0 rings (SSSR count). The third-order valence-corrected chi connectivity index (χ3v) is 1.55. The lowest BCUT2D eigenvalue weighted by Gasteiger charge is -2.00.